The molecule has 0 unspecified atom stereocenters. The number of amides is 1. The van der Waals surface area contributed by atoms with Gasteiger partial charge in [-0.1, -0.05) is 53.6 Å². The first-order valence-electron chi connectivity index (χ1n) is 8.93. The molecule has 0 aliphatic carbocycles. The van der Waals surface area contributed by atoms with Crippen LogP contribution in [0, 0.1) is 6.92 Å². The molecule has 0 fully saturated rings. The summed E-state index contributed by atoms with van der Waals surface area (Å²) in [6.45, 7) is 2.19. The van der Waals surface area contributed by atoms with Crippen LogP contribution < -0.4 is 9.62 Å². The summed E-state index contributed by atoms with van der Waals surface area (Å²) in [5.74, 6) is -0.325. The van der Waals surface area contributed by atoms with Gasteiger partial charge in [0.15, 0.2) is 0 Å². The van der Waals surface area contributed by atoms with E-state index >= 15 is 0 Å². The van der Waals surface area contributed by atoms with Crippen LogP contribution in [0.2, 0.25) is 5.02 Å². The zero-order valence-corrected chi connectivity index (χ0v) is 17.7. The predicted molar refractivity (Wildman–Crippen MR) is 118 cm³/mol. The van der Waals surface area contributed by atoms with E-state index in [1.807, 2.05) is 31.2 Å². The van der Waals surface area contributed by atoms with E-state index in [1.165, 1.54) is 10.6 Å². The van der Waals surface area contributed by atoms with Crippen molar-refractivity contribution in [2.75, 3.05) is 15.9 Å². The van der Waals surface area contributed by atoms with Crippen LogP contribution in [-0.4, -0.2) is 20.6 Å². The Labute approximate surface area is 176 Å². The fourth-order valence-electron chi connectivity index (χ4n) is 2.80. The Balaban J connectivity index is 1.81. The number of aryl methyl sites for hydroxylation is 1. The van der Waals surface area contributed by atoms with Crippen molar-refractivity contribution in [2.24, 2.45) is 0 Å². The van der Waals surface area contributed by atoms with Crippen molar-refractivity contribution >= 4 is 38.9 Å². The summed E-state index contributed by atoms with van der Waals surface area (Å²) < 4.78 is 26.0. The first-order valence-corrected chi connectivity index (χ1v) is 11.2. The van der Waals surface area contributed by atoms with Gasteiger partial charge in [-0.2, -0.15) is 0 Å². The smallest absolute Gasteiger partial charge is 0.255 e. The molecule has 1 N–H and O–H groups in total. The van der Waals surface area contributed by atoms with Crippen LogP contribution in [0.4, 0.5) is 11.4 Å². The zero-order valence-electron chi connectivity index (χ0n) is 16.1. The highest BCUT2D eigenvalue weighted by molar-refractivity contribution is 7.92. The Hall–Kier alpha value is -2.83. The lowest BCUT2D eigenvalue weighted by Gasteiger charge is -2.23. The van der Waals surface area contributed by atoms with Gasteiger partial charge in [-0.3, -0.25) is 9.10 Å². The quantitative estimate of drug-likeness (QED) is 0.609. The predicted octanol–water partition coefficient (Wildman–Crippen LogP) is 4.87. The monoisotopic (exact) mass is 428 g/mol. The number of carbonyl (C=O) groups excluding carboxylic acids is 1. The number of rotatable bonds is 6. The molecule has 150 valence electrons. The molecular formula is C22H21ClN2O3S. The van der Waals surface area contributed by atoms with Gasteiger partial charge in [0.1, 0.15) is 0 Å². The Morgan fingerprint density at radius 1 is 0.966 bits per heavy atom. The number of hydrogen-bond donors (Lipinski definition) is 1. The summed E-state index contributed by atoms with van der Waals surface area (Å²) in [7, 11) is -3.50. The molecule has 3 aromatic rings. The third-order valence-electron chi connectivity index (χ3n) is 4.39. The molecule has 0 atom stereocenters. The van der Waals surface area contributed by atoms with Gasteiger partial charge in [0.05, 0.1) is 29.2 Å². The van der Waals surface area contributed by atoms with Crippen molar-refractivity contribution in [3.63, 3.8) is 0 Å². The summed E-state index contributed by atoms with van der Waals surface area (Å²) >= 11 is 6.07. The molecule has 5 nitrogen and oxygen atoms in total. The summed E-state index contributed by atoms with van der Waals surface area (Å²) in [6, 6.07) is 21.1. The highest BCUT2D eigenvalue weighted by Crippen LogP contribution is 2.24. The van der Waals surface area contributed by atoms with Crippen molar-refractivity contribution in [1.29, 1.82) is 0 Å². The molecule has 0 saturated heterocycles. The van der Waals surface area contributed by atoms with Crippen molar-refractivity contribution in [3.8, 4) is 0 Å². The van der Waals surface area contributed by atoms with E-state index in [0.717, 1.165) is 11.1 Å². The standard InChI is InChI=1S/C22H21ClN2O3S/c1-16-7-9-17(10-8-16)15-25(29(2,27)28)19-13-11-18(12-14-19)22(26)24-21-6-4-3-5-20(21)23/h3-14H,15H2,1-2H3,(H,24,26). The van der Waals surface area contributed by atoms with Gasteiger partial charge in [-0.05, 0) is 48.9 Å². The first-order chi connectivity index (χ1) is 13.7. The molecule has 0 spiro atoms. The van der Waals surface area contributed by atoms with Crippen molar-refractivity contribution in [1.82, 2.24) is 0 Å². The van der Waals surface area contributed by atoms with E-state index in [1.54, 1.807) is 48.5 Å². The van der Waals surface area contributed by atoms with Crippen LogP contribution in [-0.2, 0) is 16.6 Å². The summed E-state index contributed by atoms with van der Waals surface area (Å²) in [5.41, 5.74) is 3.38. The number of sulfonamides is 1. The molecule has 0 heterocycles. The fourth-order valence-corrected chi connectivity index (χ4v) is 3.87. The second kappa shape index (κ2) is 8.68. The highest BCUT2D eigenvalue weighted by atomic mass is 35.5. The summed E-state index contributed by atoms with van der Waals surface area (Å²) in [5, 5.41) is 3.19. The number of hydrogen-bond acceptors (Lipinski definition) is 3. The molecule has 0 aliphatic heterocycles. The lowest BCUT2D eigenvalue weighted by molar-refractivity contribution is 0.102. The van der Waals surface area contributed by atoms with E-state index in [4.69, 9.17) is 11.6 Å². The Morgan fingerprint density at radius 2 is 1.59 bits per heavy atom. The lowest BCUT2D eigenvalue weighted by Crippen LogP contribution is -2.29. The number of para-hydroxylation sites is 1. The molecule has 0 bridgehead atoms. The summed E-state index contributed by atoms with van der Waals surface area (Å²) in [6.07, 6.45) is 1.17. The minimum atomic E-state index is -3.50. The maximum absolute atomic E-state index is 12.5. The highest BCUT2D eigenvalue weighted by Gasteiger charge is 2.18. The molecule has 7 heteroatoms. The Bertz CT molecular complexity index is 1110. The van der Waals surface area contributed by atoms with Crippen LogP contribution in [0.3, 0.4) is 0 Å². The molecular weight excluding hydrogens is 408 g/mol. The second-order valence-corrected chi connectivity index (χ2v) is 9.05. The van der Waals surface area contributed by atoms with E-state index in [-0.39, 0.29) is 12.5 Å². The summed E-state index contributed by atoms with van der Waals surface area (Å²) in [4.78, 5) is 12.5. The lowest BCUT2D eigenvalue weighted by atomic mass is 10.1. The van der Waals surface area contributed by atoms with Crippen LogP contribution in [0.1, 0.15) is 21.5 Å². The van der Waals surface area contributed by atoms with Gasteiger partial charge in [-0.15, -0.1) is 0 Å². The van der Waals surface area contributed by atoms with Gasteiger partial charge < -0.3 is 5.32 Å². The van der Waals surface area contributed by atoms with E-state index in [2.05, 4.69) is 5.32 Å². The molecule has 3 rings (SSSR count). The van der Waals surface area contributed by atoms with E-state index in [9.17, 15) is 13.2 Å². The van der Waals surface area contributed by atoms with Crippen molar-refractivity contribution < 1.29 is 13.2 Å². The van der Waals surface area contributed by atoms with Gasteiger partial charge in [0.2, 0.25) is 10.0 Å². The van der Waals surface area contributed by atoms with E-state index in [0.29, 0.717) is 22.0 Å². The minimum absolute atomic E-state index is 0.213. The third-order valence-corrected chi connectivity index (χ3v) is 5.86. The number of anilines is 2. The molecule has 0 aliphatic rings. The number of carbonyl (C=O) groups is 1. The average molecular weight is 429 g/mol. The molecule has 0 saturated carbocycles. The van der Waals surface area contributed by atoms with Crippen LogP contribution in [0.15, 0.2) is 72.8 Å². The van der Waals surface area contributed by atoms with Gasteiger partial charge in [0, 0.05) is 5.56 Å². The topological polar surface area (TPSA) is 66.5 Å². The van der Waals surface area contributed by atoms with Crippen LogP contribution in [0.25, 0.3) is 0 Å². The van der Waals surface area contributed by atoms with Crippen molar-refractivity contribution in [2.45, 2.75) is 13.5 Å². The zero-order chi connectivity index (χ0) is 21.0. The van der Waals surface area contributed by atoms with Crippen LogP contribution >= 0.6 is 11.6 Å². The van der Waals surface area contributed by atoms with Gasteiger partial charge in [-0.25, -0.2) is 8.42 Å². The van der Waals surface area contributed by atoms with E-state index < -0.39 is 10.0 Å². The molecule has 1 amide bonds. The maximum atomic E-state index is 12.5. The molecule has 3 aromatic carbocycles. The average Bonchev–Trinajstić information content (AvgIpc) is 2.68. The maximum Gasteiger partial charge on any atom is 0.255 e. The van der Waals surface area contributed by atoms with Gasteiger partial charge >= 0.3 is 0 Å². The molecule has 0 radical (unpaired) electrons. The van der Waals surface area contributed by atoms with Crippen LogP contribution in [0.5, 0.6) is 0 Å². The SMILES string of the molecule is Cc1ccc(CN(c2ccc(C(=O)Nc3ccccc3Cl)cc2)S(C)(=O)=O)cc1. The number of benzene rings is 3. The molecule has 0 aromatic heterocycles. The first kappa shape index (κ1) is 20.9. The fraction of sp³-hybridized carbons (Fsp3) is 0.136. The molecule has 29 heavy (non-hydrogen) atoms. The minimum Gasteiger partial charge on any atom is -0.321 e. The Kier molecular flexibility index (Phi) is 6.25. The second-order valence-electron chi connectivity index (χ2n) is 6.74. The largest absolute Gasteiger partial charge is 0.321 e. The number of nitrogens with one attached hydrogen (secondary N) is 1. The van der Waals surface area contributed by atoms with Crippen molar-refractivity contribution in [3.05, 3.63) is 94.5 Å². The number of halogens is 1. The van der Waals surface area contributed by atoms with Gasteiger partial charge in [0.25, 0.3) is 5.91 Å². The Morgan fingerprint density at radius 3 is 2.17 bits per heavy atom. The third kappa shape index (κ3) is 5.37. The normalized spacial score (nSPS) is 11.1. The number of nitrogens with zero attached hydrogens (tertiary/aromatic N) is 1.